The van der Waals surface area contributed by atoms with Crippen LogP contribution < -0.4 is 5.32 Å². The Hall–Kier alpha value is -3.74. The second-order valence-electron chi connectivity index (χ2n) is 7.77. The number of amides is 1. The number of carbonyl (C=O) groups is 1. The van der Waals surface area contributed by atoms with Gasteiger partial charge in [0.15, 0.2) is 5.82 Å². The highest BCUT2D eigenvalue weighted by molar-refractivity contribution is 6.03. The van der Waals surface area contributed by atoms with Gasteiger partial charge in [0.05, 0.1) is 12.2 Å². The van der Waals surface area contributed by atoms with Crippen molar-refractivity contribution in [1.29, 1.82) is 0 Å². The van der Waals surface area contributed by atoms with Crippen LogP contribution in [0.15, 0.2) is 67.1 Å². The molecule has 4 aromatic rings. The molecular weight excluding hydrogens is 388 g/mol. The molecule has 0 radical (unpaired) electrons. The lowest BCUT2D eigenvalue weighted by atomic mass is 10.1. The van der Waals surface area contributed by atoms with E-state index in [0.29, 0.717) is 18.1 Å². The van der Waals surface area contributed by atoms with Crippen LogP contribution in [0, 0.1) is 0 Å². The highest BCUT2D eigenvalue weighted by atomic mass is 16.2. The first-order valence-corrected chi connectivity index (χ1v) is 10.7. The molecule has 0 saturated carbocycles. The van der Waals surface area contributed by atoms with E-state index in [1.807, 2.05) is 54.7 Å². The maximum atomic E-state index is 13.2. The normalized spacial score (nSPS) is 13.4. The van der Waals surface area contributed by atoms with Gasteiger partial charge in [0, 0.05) is 36.8 Å². The molecule has 0 saturated heterocycles. The zero-order valence-corrected chi connectivity index (χ0v) is 17.2. The van der Waals surface area contributed by atoms with Gasteiger partial charge in [0.1, 0.15) is 11.5 Å². The predicted octanol–water partition coefficient (Wildman–Crippen LogP) is 4.17. The molecule has 1 amide bonds. The van der Waals surface area contributed by atoms with E-state index < -0.39 is 0 Å². The van der Waals surface area contributed by atoms with Crippen LogP contribution in [0.1, 0.15) is 41.0 Å². The first-order chi connectivity index (χ1) is 15.3. The first kappa shape index (κ1) is 19.2. The smallest absolute Gasteiger partial charge is 0.277 e. The summed E-state index contributed by atoms with van der Waals surface area (Å²) >= 11 is 0. The number of aromatic nitrogens is 5. The summed E-state index contributed by atoms with van der Waals surface area (Å²) in [4.78, 5) is 22.0. The average Bonchev–Trinajstić information content (AvgIpc) is 3.31. The Labute approximate surface area is 180 Å². The Morgan fingerprint density at radius 1 is 1.00 bits per heavy atom. The van der Waals surface area contributed by atoms with E-state index in [0.717, 1.165) is 54.9 Å². The number of nitrogens with zero attached hydrogens (tertiary/aromatic N) is 5. The lowest BCUT2D eigenvalue weighted by molar-refractivity contribution is 0.102. The molecule has 3 aromatic heterocycles. The van der Waals surface area contributed by atoms with Gasteiger partial charge in [-0.25, -0.2) is 4.98 Å². The fourth-order valence-corrected chi connectivity index (χ4v) is 4.08. The fraction of sp³-hybridized carbons (Fsp3) is 0.250. The van der Waals surface area contributed by atoms with Crippen molar-refractivity contribution < 1.29 is 4.79 Å². The molecule has 0 aliphatic carbocycles. The molecule has 7 heteroatoms. The van der Waals surface area contributed by atoms with Gasteiger partial charge in [-0.1, -0.05) is 36.8 Å². The Morgan fingerprint density at radius 2 is 1.84 bits per heavy atom. The van der Waals surface area contributed by atoms with Gasteiger partial charge in [0.25, 0.3) is 5.91 Å². The number of fused-ring (bicyclic) bond motifs is 1. The zero-order chi connectivity index (χ0) is 21.0. The molecule has 1 N–H and O–H groups in total. The first-order valence-electron chi connectivity index (χ1n) is 10.7. The van der Waals surface area contributed by atoms with E-state index in [-0.39, 0.29) is 5.91 Å². The number of imidazole rings is 1. The number of anilines is 1. The monoisotopic (exact) mass is 412 g/mol. The number of pyridine rings is 1. The van der Waals surface area contributed by atoms with Crippen LogP contribution >= 0.6 is 0 Å². The van der Waals surface area contributed by atoms with Gasteiger partial charge in [-0.3, -0.25) is 14.5 Å². The van der Waals surface area contributed by atoms with Crippen LogP contribution in [0.25, 0.3) is 11.4 Å². The molecule has 0 spiro atoms. The molecular formula is C24H24N6O. The summed E-state index contributed by atoms with van der Waals surface area (Å²) in [6.07, 6.45) is 9.57. The van der Waals surface area contributed by atoms with Gasteiger partial charge in [-0.05, 0) is 37.0 Å². The third-order valence-electron chi connectivity index (χ3n) is 5.59. The summed E-state index contributed by atoms with van der Waals surface area (Å²) in [6, 6.07) is 15.8. The van der Waals surface area contributed by atoms with Crippen molar-refractivity contribution in [1.82, 2.24) is 24.3 Å². The third kappa shape index (κ3) is 4.12. The second kappa shape index (κ2) is 8.55. The molecule has 0 atom stereocenters. The largest absolute Gasteiger partial charge is 0.327 e. The number of nitrogens with one attached hydrogen (secondary N) is 1. The zero-order valence-electron chi connectivity index (χ0n) is 17.2. The standard InChI is InChI=1S/C24H24N6O/c31-24(26-21-12-16-29(28-21)17-18-10-13-25-14-11-18)22-20-9-5-2-6-15-30(20)23(27-22)19-7-3-1-4-8-19/h1,3-4,7-8,10-14,16H,2,5-6,9,15,17H2,(H,26,28,31). The number of carbonyl (C=O) groups excluding carboxylic acids is 1. The van der Waals surface area contributed by atoms with Crippen molar-refractivity contribution in [2.45, 2.75) is 38.8 Å². The molecule has 0 bridgehead atoms. The van der Waals surface area contributed by atoms with Crippen LogP contribution in [0.4, 0.5) is 5.82 Å². The highest BCUT2D eigenvalue weighted by Gasteiger charge is 2.24. The quantitative estimate of drug-likeness (QED) is 0.534. The minimum Gasteiger partial charge on any atom is -0.327 e. The topological polar surface area (TPSA) is 77.6 Å². The fourth-order valence-electron chi connectivity index (χ4n) is 4.08. The van der Waals surface area contributed by atoms with Crippen LogP contribution in [-0.4, -0.2) is 30.2 Å². The number of benzene rings is 1. The summed E-state index contributed by atoms with van der Waals surface area (Å²) in [5.74, 6) is 1.18. The number of hydrogen-bond acceptors (Lipinski definition) is 4. The Balaban J connectivity index is 1.40. The summed E-state index contributed by atoms with van der Waals surface area (Å²) < 4.78 is 4.02. The van der Waals surface area contributed by atoms with E-state index in [9.17, 15) is 4.79 Å². The second-order valence-corrected chi connectivity index (χ2v) is 7.77. The number of hydrogen-bond donors (Lipinski definition) is 1. The van der Waals surface area contributed by atoms with E-state index in [4.69, 9.17) is 4.98 Å². The molecule has 0 fully saturated rings. The van der Waals surface area contributed by atoms with Crippen molar-refractivity contribution in [3.05, 3.63) is 84.1 Å². The maximum absolute atomic E-state index is 13.2. The van der Waals surface area contributed by atoms with Gasteiger partial charge in [0.2, 0.25) is 0 Å². The van der Waals surface area contributed by atoms with Crippen molar-refractivity contribution in [3.63, 3.8) is 0 Å². The van der Waals surface area contributed by atoms with E-state index in [1.54, 1.807) is 17.1 Å². The molecule has 4 heterocycles. The Kier molecular flexibility index (Phi) is 5.31. The third-order valence-corrected chi connectivity index (χ3v) is 5.59. The van der Waals surface area contributed by atoms with Crippen molar-refractivity contribution >= 4 is 11.7 Å². The molecule has 7 nitrogen and oxygen atoms in total. The van der Waals surface area contributed by atoms with Gasteiger partial charge in [-0.2, -0.15) is 5.10 Å². The lowest BCUT2D eigenvalue weighted by Crippen LogP contribution is -2.16. The Morgan fingerprint density at radius 3 is 2.68 bits per heavy atom. The minimum absolute atomic E-state index is 0.206. The predicted molar refractivity (Wildman–Crippen MR) is 119 cm³/mol. The van der Waals surface area contributed by atoms with E-state index >= 15 is 0 Å². The van der Waals surface area contributed by atoms with Gasteiger partial charge >= 0.3 is 0 Å². The minimum atomic E-state index is -0.206. The van der Waals surface area contributed by atoms with Crippen molar-refractivity contribution in [2.75, 3.05) is 5.32 Å². The highest BCUT2D eigenvalue weighted by Crippen LogP contribution is 2.27. The lowest BCUT2D eigenvalue weighted by Gasteiger charge is -2.08. The Bertz CT molecular complexity index is 1180. The van der Waals surface area contributed by atoms with Gasteiger partial charge in [-0.15, -0.1) is 0 Å². The number of rotatable bonds is 5. The van der Waals surface area contributed by atoms with Crippen molar-refractivity contribution in [2.24, 2.45) is 0 Å². The molecule has 156 valence electrons. The summed E-state index contributed by atoms with van der Waals surface area (Å²) in [5, 5.41) is 7.44. The van der Waals surface area contributed by atoms with E-state index in [1.165, 1.54) is 0 Å². The summed E-state index contributed by atoms with van der Waals surface area (Å²) in [7, 11) is 0. The molecule has 1 aliphatic heterocycles. The molecule has 1 aromatic carbocycles. The average molecular weight is 412 g/mol. The molecule has 0 unspecified atom stereocenters. The molecule has 1 aliphatic rings. The SMILES string of the molecule is O=C(Nc1ccn(Cc2ccncc2)n1)c1nc(-c2ccccc2)n2c1CCCCC2. The molecule has 31 heavy (non-hydrogen) atoms. The van der Waals surface area contributed by atoms with Crippen molar-refractivity contribution in [3.8, 4) is 11.4 Å². The van der Waals surface area contributed by atoms with Crippen LogP contribution in [0.5, 0.6) is 0 Å². The maximum Gasteiger partial charge on any atom is 0.277 e. The van der Waals surface area contributed by atoms with E-state index in [2.05, 4.69) is 20.0 Å². The van der Waals surface area contributed by atoms with Crippen LogP contribution in [0.3, 0.4) is 0 Å². The molecule has 5 rings (SSSR count). The summed E-state index contributed by atoms with van der Waals surface area (Å²) in [6.45, 7) is 1.51. The van der Waals surface area contributed by atoms with Crippen LogP contribution in [0.2, 0.25) is 0 Å². The summed E-state index contributed by atoms with van der Waals surface area (Å²) in [5.41, 5.74) is 3.66. The van der Waals surface area contributed by atoms with Gasteiger partial charge < -0.3 is 9.88 Å². The van der Waals surface area contributed by atoms with Crippen LogP contribution in [-0.2, 0) is 19.5 Å².